The van der Waals surface area contributed by atoms with Gasteiger partial charge in [-0.3, -0.25) is 4.79 Å². The van der Waals surface area contributed by atoms with Gasteiger partial charge in [0.15, 0.2) is 0 Å². The highest BCUT2D eigenvalue weighted by Crippen LogP contribution is 2.25. The van der Waals surface area contributed by atoms with Crippen LogP contribution in [-0.2, 0) is 0 Å². The maximum Gasteiger partial charge on any atom is 0.454 e. The van der Waals surface area contributed by atoms with Gasteiger partial charge < -0.3 is 5.11 Å². The van der Waals surface area contributed by atoms with Gasteiger partial charge in [0.2, 0.25) is 0 Å². The molecule has 2 nitrogen and oxygen atoms in total. The first-order valence-corrected chi connectivity index (χ1v) is 5.39. The van der Waals surface area contributed by atoms with Crippen LogP contribution < -0.4 is 0 Å². The number of phenols is 1. The van der Waals surface area contributed by atoms with E-state index in [1.54, 1.807) is 12.1 Å². The Kier molecular flexibility index (Phi) is 3.29. The van der Waals surface area contributed by atoms with E-state index < -0.39 is 17.5 Å². The van der Waals surface area contributed by atoms with Crippen LogP contribution >= 0.6 is 0 Å². The molecule has 5 heteroatoms. The molecule has 0 saturated carbocycles. The predicted octanol–water partition coefficient (Wildman–Crippen LogP) is 3.80. The normalized spacial score (nSPS) is 11.3. The standard InChI is InChI=1S/C14H9F3O2/c15-14(16,17)13(19)11-3-1-9(2-4-11)10-5-7-12(18)8-6-10/h1-8,18H. The Bertz CT molecular complexity index is 584. The lowest BCUT2D eigenvalue weighted by atomic mass is 10.0. The number of carbonyl (C=O) groups excluding carboxylic acids is 1. The zero-order valence-electron chi connectivity index (χ0n) is 9.61. The molecular formula is C14H9F3O2. The van der Waals surface area contributed by atoms with Gasteiger partial charge in [0, 0.05) is 5.56 Å². The lowest BCUT2D eigenvalue weighted by Crippen LogP contribution is -2.22. The zero-order valence-corrected chi connectivity index (χ0v) is 9.61. The first-order valence-electron chi connectivity index (χ1n) is 5.39. The van der Waals surface area contributed by atoms with E-state index >= 15 is 0 Å². The number of rotatable bonds is 2. The molecule has 2 aromatic rings. The molecule has 0 unspecified atom stereocenters. The summed E-state index contributed by atoms with van der Waals surface area (Å²) in [6.07, 6.45) is -4.86. The van der Waals surface area contributed by atoms with Crippen LogP contribution in [0.1, 0.15) is 10.4 Å². The van der Waals surface area contributed by atoms with Crippen LogP contribution in [0.2, 0.25) is 0 Å². The molecule has 0 radical (unpaired) electrons. The summed E-state index contributed by atoms with van der Waals surface area (Å²) in [5, 5.41) is 9.14. The summed E-state index contributed by atoms with van der Waals surface area (Å²) in [7, 11) is 0. The van der Waals surface area contributed by atoms with E-state index in [1.807, 2.05) is 0 Å². The van der Waals surface area contributed by atoms with Crippen LogP contribution in [0.3, 0.4) is 0 Å². The van der Waals surface area contributed by atoms with Gasteiger partial charge in [0.05, 0.1) is 0 Å². The third-order valence-electron chi connectivity index (χ3n) is 2.61. The maximum absolute atomic E-state index is 12.2. The Labute approximate surface area is 107 Å². The lowest BCUT2D eigenvalue weighted by molar-refractivity contribution is -0.0885. The fourth-order valence-corrected chi connectivity index (χ4v) is 1.63. The average Bonchev–Trinajstić information content (AvgIpc) is 2.38. The SMILES string of the molecule is O=C(c1ccc(-c2ccc(O)cc2)cc1)C(F)(F)F. The fourth-order valence-electron chi connectivity index (χ4n) is 1.63. The minimum absolute atomic E-state index is 0.104. The van der Waals surface area contributed by atoms with Crippen molar-refractivity contribution in [3.8, 4) is 16.9 Å². The van der Waals surface area contributed by atoms with Crippen molar-refractivity contribution in [2.75, 3.05) is 0 Å². The molecule has 0 saturated heterocycles. The van der Waals surface area contributed by atoms with Crippen molar-refractivity contribution in [3.05, 3.63) is 54.1 Å². The summed E-state index contributed by atoms with van der Waals surface area (Å²) in [6, 6.07) is 11.4. The molecule has 0 heterocycles. The maximum atomic E-state index is 12.2. The second-order valence-corrected chi connectivity index (χ2v) is 3.95. The van der Waals surface area contributed by atoms with Crippen LogP contribution in [0.4, 0.5) is 13.2 Å². The lowest BCUT2D eigenvalue weighted by Gasteiger charge is -2.06. The van der Waals surface area contributed by atoms with Crippen molar-refractivity contribution < 1.29 is 23.1 Å². The monoisotopic (exact) mass is 266 g/mol. The van der Waals surface area contributed by atoms with Gasteiger partial charge in [-0.25, -0.2) is 0 Å². The van der Waals surface area contributed by atoms with Crippen LogP contribution in [0.25, 0.3) is 11.1 Å². The second-order valence-electron chi connectivity index (χ2n) is 3.95. The van der Waals surface area contributed by atoms with Crippen molar-refractivity contribution >= 4 is 5.78 Å². The predicted molar refractivity (Wildman–Crippen MR) is 63.9 cm³/mol. The van der Waals surface area contributed by atoms with Crippen molar-refractivity contribution in [1.82, 2.24) is 0 Å². The van der Waals surface area contributed by atoms with E-state index in [4.69, 9.17) is 5.11 Å². The van der Waals surface area contributed by atoms with Crippen molar-refractivity contribution in [3.63, 3.8) is 0 Å². The number of ketones is 1. The highest BCUT2D eigenvalue weighted by Gasteiger charge is 2.39. The minimum Gasteiger partial charge on any atom is -0.508 e. The number of benzene rings is 2. The molecule has 19 heavy (non-hydrogen) atoms. The molecular weight excluding hydrogens is 257 g/mol. The molecule has 2 aromatic carbocycles. The Morgan fingerprint density at radius 1 is 0.842 bits per heavy atom. The molecule has 0 amide bonds. The second kappa shape index (κ2) is 4.76. The van der Waals surface area contributed by atoms with Crippen molar-refractivity contribution in [1.29, 1.82) is 0 Å². The van der Waals surface area contributed by atoms with Crippen LogP contribution in [0.15, 0.2) is 48.5 Å². The summed E-state index contributed by atoms with van der Waals surface area (Å²) in [6.45, 7) is 0. The molecule has 2 rings (SSSR count). The van der Waals surface area contributed by atoms with Crippen LogP contribution in [0.5, 0.6) is 5.75 Å². The Hall–Kier alpha value is -2.30. The number of halogens is 3. The summed E-state index contributed by atoms with van der Waals surface area (Å²) >= 11 is 0. The highest BCUT2D eigenvalue weighted by molar-refractivity contribution is 6.00. The topological polar surface area (TPSA) is 37.3 Å². The van der Waals surface area contributed by atoms with Gasteiger partial charge in [0.1, 0.15) is 5.75 Å². The third kappa shape index (κ3) is 2.93. The van der Waals surface area contributed by atoms with E-state index in [1.165, 1.54) is 24.3 Å². The number of carbonyl (C=O) groups is 1. The summed E-state index contributed by atoms with van der Waals surface area (Å²) in [4.78, 5) is 11.0. The van der Waals surface area contributed by atoms with E-state index in [9.17, 15) is 18.0 Å². The van der Waals surface area contributed by atoms with Gasteiger partial charge in [-0.05, 0) is 23.3 Å². The summed E-state index contributed by atoms with van der Waals surface area (Å²) in [5.41, 5.74) is 1.01. The largest absolute Gasteiger partial charge is 0.508 e. The smallest absolute Gasteiger partial charge is 0.454 e. The average molecular weight is 266 g/mol. The van der Waals surface area contributed by atoms with Crippen molar-refractivity contribution in [2.45, 2.75) is 6.18 Å². The van der Waals surface area contributed by atoms with Gasteiger partial charge >= 0.3 is 6.18 Å². The molecule has 0 spiro atoms. The molecule has 0 atom stereocenters. The summed E-state index contributed by atoms with van der Waals surface area (Å²) < 4.78 is 36.7. The van der Waals surface area contributed by atoms with E-state index in [2.05, 4.69) is 0 Å². The zero-order chi connectivity index (χ0) is 14.0. The molecule has 0 aliphatic heterocycles. The van der Waals surface area contributed by atoms with Gasteiger partial charge in [-0.1, -0.05) is 36.4 Å². The first kappa shape index (κ1) is 13.1. The van der Waals surface area contributed by atoms with Gasteiger partial charge in [-0.2, -0.15) is 13.2 Å². The van der Waals surface area contributed by atoms with Crippen LogP contribution in [-0.4, -0.2) is 17.1 Å². The number of aromatic hydroxyl groups is 1. The van der Waals surface area contributed by atoms with Crippen molar-refractivity contribution in [2.24, 2.45) is 0 Å². The van der Waals surface area contributed by atoms with E-state index in [-0.39, 0.29) is 5.75 Å². The molecule has 1 N–H and O–H groups in total. The first-order chi connectivity index (χ1) is 8.88. The Balaban J connectivity index is 2.28. The molecule has 0 aliphatic rings. The van der Waals surface area contributed by atoms with Crippen LogP contribution in [0, 0.1) is 0 Å². The molecule has 0 fully saturated rings. The molecule has 0 aliphatic carbocycles. The molecule has 0 bridgehead atoms. The van der Waals surface area contributed by atoms with E-state index in [0.717, 1.165) is 17.7 Å². The van der Waals surface area contributed by atoms with Gasteiger partial charge in [0.25, 0.3) is 5.78 Å². The molecule has 98 valence electrons. The Morgan fingerprint density at radius 3 is 1.68 bits per heavy atom. The number of hydrogen-bond acceptors (Lipinski definition) is 2. The Morgan fingerprint density at radius 2 is 1.26 bits per heavy atom. The fraction of sp³-hybridized carbons (Fsp3) is 0.0714. The summed E-state index contributed by atoms with van der Waals surface area (Å²) in [5.74, 6) is -1.75. The molecule has 0 aromatic heterocycles. The van der Waals surface area contributed by atoms with E-state index in [0.29, 0.717) is 5.56 Å². The quantitative estimate of drug-likeness (QED) is 0.839. The minimum atomic E-state index is -4.86. The third-order valence-corrected chi connectivity index (χ3v) is 2.61. The number of phenolic OH excluding ortho intramolecular Hbond substituents is 1. The number of alkyl halides is 3. The highest BCUT2D eigenvalue weighted by atomic mass is 19.4. The number of hydrogen-bond donors (Lipinski definition) is 1. The van der Waals surface area contributed by atoms with Gasteiger partial charge in [-0.15, -0.1) is 0 Å². The number of Topliss-reactive ketones (excluding diaryl/α,β-unsaturated/α-hetero) is 1.